The summed E-state index contributed by atoms with van der Waals surface area (Å²) in [6.07, 6.45) is -0.0253. The van der Waals surface area contributed by atoms with Gasteiger partial charge in [-0.05, 0) is 28.7 Å². The van der Waals surface area contributed by atoms with Gasteiger partial charge in [-0.25, -0.2) is 9.59 Å². The number of benzene rings is 2. The maximum Gasteiger partial charge on any atom is 0.407 e. The van der Waals surface area contributed by atoms with E-state index < -0.39 is 30.1 Å². The summed E-state index contributed by atoms with van der Waals surface area (Å²) in [5, 5.41) is 23.2. The van der Waals surface area contributed by atoms with Crippen molar-refractivity contribution in [3.63, 3.8) is 0 Å². The Morgan fingerprint density at radius 2 is 1.64 bits per heavy atom. The number of hydrogen-bond acceptors (Lipinski definition) is 5. The molecule has 33 heavy (non-hydrogen) atoms. The monoisotopic (exact) mass is 454 g/mol. The molecule has 0 unspecified atom stereocenters. The quantitative estimate of drug-likeness (QED) is 0.414. The van der Waals surface area contributed by atoms with E-state index in [4.69, 9.17) is 9.84 Å². The van der Waals surface area contributed by atoms with Gasteiger partial charge in [-0.3, -0.25) is 4.79 Å². The number of unbranched alkanes of at least 4 members (excludes halogenated alkanes) is 1. The Labute approximate surface area is 193 Å². The highest BCUT2D eigenvalue weighted by Crippen LogP contribution is 2.44. The summed E-state index contributed by atoms with van der Waals surface area (Å²) < 4.78 is 5.56. The second-order valence-electron chi connectivity index (χ2n) is 8.17. The normalized spacial score (nSPS) is 14.0. The van der Waals surface area contributed by atoms with Gasteiger partial charge in [-0.1, -0.05) is 68.3 Å². The lowest BCUT2D eigenvalue weighted by Crippen LogP contribution is -2.42. The molecule has 8 heteroatoms. The molecule has 2 aromatic rings. The predicted molar refractivity (Wildman–Crippen MR) is 123 cm³/mol. The molecule has 0 heterocycles. The molecule has 0 spiro atoms. The number of amides is 2. The third kappa shape index (κ3) is 6.32. The van der Waals surface area contributed by atoms with Gasteiger partial charge in [-0.2, -0.15) is 0 Å². The van der Waals surface area contributed by atoms with E-state index in [9.17, 15) is 19.5 Å². The van der Waals surface area contributed by atoms with Gasteiger partial charge in [0.15, 0.2) is 6.10 Å². The Morgan fingerprint density at radius 1 is 1.03 bits per heavy atom. The highest BCUT2D eigenvalue weighted by molar-refractivity contribution is 5.80. The number of rotatable bonds is 11. The van der Waals surface area contributed by atoms with Crippen molar-refractivity contribution in [3.05, 3.63) is 59.7 Å². The number of aliphatic hydroxyl groups excluding tert-OH is 1. The first-order valence-electron chi connectivity index (χ1n) is 11.2. The van der Waals surface area contributed by atoms with Crippen LogP contribution < -0.4 is 10.6 Å². The van der Waals surface area contributed by atoms with Crippen molar-refractivity contribution in [2.75, 3.05) is 13.2 Å². The Bertz CT molecular complexity index is 947. The molecule has 0 saturated heterocycles. The van der Waals surface area contributed by atoms with Gasteiger partial charge >= 0.3 is 12.1 Å². The summed E-state index contributed by atoms with van der Waals surface area (Å²) in [5.41, 5.74) is 4.52. The van der Waals surface area contributed by atoms with Crippen molar-refractivity contribution in [2.24, 2.45) is 0 Å². The first kappa shape index (κ1) is 24.3. The van der Waals surface area contributed by atoms with Crippen LogP contribution in [0.1, 0.15) is 49.7 Å². The van der Waals surface area contributed by atoms with Gasteiger partial charge in [0.05, 0.1) is 6.54 Å². The SMILES string of the molecule is CCCC[C@H](CC(=O)NC[C@H](O)C(=O)O)NC(=O)OCC1c2ccccc2-c2ccccc21. The summed E-state index contributed by atoms with van der Waals surface area (Å²) >= 11 is 0. The lowest BCUT2D eigenvalue weighted by Gasteiger charge is -2.20. The van der Waals surface area contributed by atoms with Crippen LogP contribution in [0, 0.1) is 0 Å². The predicted octanol–water partition coefficient (Wildman–Crippen LogP) is 3.04. The smallest absolute Gasteiger partial charge is 0.407 e. The number of nitrogens with one attached hydrogen (secondary N) is 2. The van der Waals surface area contributed by atoms with Crippen molar-refractivity contribution in [1.29, 1.82) is 0 Å². The third-order valence-corrected chi connectivity index (χ3v) is 5.78. The molecule has 1 aliphatic rings. The van der Waals surface area contributed by atoms with Gasteiger partial charge < -0.3 is 25.6 Å². The maximum atomic E-state index is 12.6. The molecule has 3 rings (SSSR count). The molecule has 176 valence electrons. The van der Waals surface area contributed by atoms with Crippen LogP contribution in [-0.2, 0) is 14.3 Å². The lowest BCUT2D eigenvalue weighted by molar-refractivity contribution is -0.146. The molecule has 0 aliphatic heterocycles. The summed E-state index contributed by atoms with van der Waals surface area (Å²) in [4.78, 5) is 35.4. The van der Waals surface area contributed by atoms with Crippen molar-refractivity contribution >= 4 is 18.0 Å². The molecule has 2 aromatic carbocycles. The summed E-state index contributed by atoms with van der Waals surface area (Å²) in [7, 11) is 0. The third-order valence-electron chi connectivity index (χ3n) is 5.78. The van der Waals surface area contributed by atoms with E-state index in [0.29, 0.717) is 6.42 Å². The number of ether oxygens (including phenoxy) is 1. The minimum Gasteiger partial charge on any atom is -0.479 e. The molecule has 0 aromatic heterocycles. The number of carboxylic acids is 1. The number of hydrogen-bond donors (Lipinski definition) is 4. The Hall–Kier alpha value is -3.39. The van der Waals surface area contributed by atoms with E-state index >= 15 is 0 Å². The fourth-order valence-electron chi connectivity index (χ4n) is 4.08. The molecular weight excluding hydrogens is 424 g/mol. The van der Waals surface area contributed by atoms with Gasteiger partial charge in [0.2, 0.25) is 5.91 Å². The Kier molecular flexibility index (Phi) is 8.43. The Balaban J connectivity index is 1.57. The standard InChI is InChI=1S/C25H30N2O6/c1-2-3-8-16(13-23(29)26-14-22(28)24(30)31)27-25(32)33-15-21-19-11-6-4-9-17(19)18-10-5-7-12-20(18)21/h4-7,9-12,16,21-22,28H,2-3,8,13-15H2,1H3,(H,26,29)(H,27,32)(H,30,31)/t16-,22+/m1/s1. The topological polar surface area (TPSA) is 125 Å². The minimum absolute atomic E-state index is 0.0312. The summed E-state index contributed by atoms with van der Waals surface area (Å²) in [6.45, 7) is 1.80. The molecule has 0 saturated carbocycles. The van der Waals surface area contributed by atoms with E-state index in [1.54, 1.807) is 0 Å². The van der Waals surface area contributed by atoms with E-state index in [0.717, 1.165) is 35.1 Å². The number of carbonyl (C=O) groups is 3. The van der Waals surface area contributed by atoms with Crippen LogP contribution in [0.2, 0.25) is 0 Å². The zero-order chi connectivity index (χ0) is 23.8. The summed E-state index contributed by atoms with van der Waals surface area (Å²) in [6, 6.07) is 15.7. The fraction of sp³-hybridized carbons (Fsp3) is 0.400. The Morgan fingerprint density at radius 3 is 2.21 bits per heavy atom. The average Bonchev–Trinajstić information content (AvgIpc) is 3.13. The molecule has 2 amide bonds. The maximum absolute atomic E-state index is 12.6. The van der Waals surface area contributed by atoms with Crippen molar-refractivity contribution in [3.8, 4) is 11.1 Å². The highest BCUT2D eigenvalue weighted by atomic mass is 16.5. The van der Waals surface area contributed by atoms with Gasteiger partial charge in [0, 0.05) is 18.4 Å². The molecule has 1 aliphatic carbocycles. The lowest BCUT2D eigenvalue weighted by atomic mass is 9.98. The highest BCUT2D eigenvalue weighted by Gasteiger charge is 2.29. The van der Waals surface area contributed by atoms with E-state index in [1.165, 1.54) is 0 Å². The molecule has 2 atom stereocenters. The number of alkyl carbamates (subject to hydrolysis) is 1. The second-order valence-corrected chi connectivity index (χ2v) is 8.17. The van der Waals surface area contributed by atoms with Crippen molar-refractivity contribution in [2.45, 2.75) is 50.7 Å². The largest absolute Gasteiger partial charge is 0.479 e. The molecule has 0 fully saturated rings. The van der Waals surface area contributed by atoms with Gasteiger partial charge in [0.25, 0.3) is 0 Å². The minimum atomic E-state index is -1.67. The van der Waals surface area contributed by atoms with Crippen LogP contribution in [-0.4, -0.2) is 53.5 Å². The van der Waals surface area contributed by atoms with Crippen molar-refractivity contribution in [1.82, 2.24) is 10.6 Å². The number of fused-ring (bicyclic) bond motifs is 3. The van der Waals surface area contributed by atoms with Crippen LogP contribution in [0.25, 0.3) is 11.1 Å². The molecule has 0 radical (unpaired) electrons. The van der Waals surface area contributed by atoms with Crippen LogP contribution in [0.3, 0.4) is 0 Å². The van der Waals surface area contributed by atoms with Crippen LogP contribution in [0.15, 0.2) is 48.5 Å². The zero-order valence-corrected chi connectivity index (χ0v) is 18.6. The van der Waals surface area contributed by atoms with Gasteiger partial charge in [-0.15, -0.1) is 0 Å². The molecule has 0 bridgehead atoms. The number of carbonyl (C=O) groups excluding carboxylic acids is 2. The van der Waals surface area contributed by atoms with E-state index in [2.05, 4.69) is 22.8 Å². The molecule has 4 N–H and O–H groups in total. The van der Waals surface area contributed by atoms with Crippen LogP contribution >= 0.6 is 0 Å². The zero-order valence-electron chi connectivity index (χ0n) is 18.6. The van der Waals surface area contributed by atoms with Crippen molar-refractivity contribution < 1.29 is 29.3 Å². The first-order valence-corrected chi connectivity index (χ1v) is 11.2. The number of aliphatic carboxylic acids is 1. The first-order chi connectivity index (χ1) is 15.9. The van der Waals surface area contributed by atoms with Crippen LogP contribution in [0.5, 0.6) is 0 Å². The number of aliphatic hydroxyl groups is 1. The fourth-order valence-corrected chi connectivity index (χ4v) is 4.08. The summed E-state index contributed by atoms with van der Waals surface area (Å²) in [5.74, 6) is -1.91. The van der Waals surface area contributed by atoms with Gasteiger partial charge in [0.1, 0.15) is 6.61 Å². The molecular formula is C25H30N2O6. The average molecular weight is 455 g/mol. The van der Waals surface area contributed by atoms with E-state index in [1.807, 2.05) is 43.3 Å². The number of carboxylic acid groups (broad SMARTS) is 1. The molecule has 8 nitrogen and oxygen atoms in total. The second kappa shape index (κ2) is 11.5. The van der Waals surface area contributed by atoms with E-state index in [-0.39, 0.29) is 25.5 Å². The van der Waals surface area contributed by atoms with Crippen LogP contribution in [0.4, 0.5) is 4.79 Å².